The van der Waals surface area contributed by atoms with E-state index in [0.29, 0.717) is 0 Å². The third-order valence-corrected chi connectivity index (χ3v) is 3.27. The van der Waals surface area contributed by atoms with Crippen molar-refractivity contribution in [2.45, 2.75) is 19.9 Å². The molecule has 0 saturated heterocycles. The Kier molecular flexibility index (Phi) is 2.48. The number of aliphatic imine (C=N–C) groups is 1. The Labute approximate surface area is 91.5 Å². The second kappa shape index (κ2) is 3.66. The van der Waals surface area contributed by atoms with E-state index in [2.05, 4.69) is 10.3 Å². The first-order valence-electron chi connectivity index (χ1n) is 4.60. The normalized spacial score (nSPS) is 20.6. The molecule has 0 aliphatic carbocycles. The van der Waals surface area contributed by atoms with E-state index in [1.165, 1.54) is 6.20 Å². The number of aryl methyl sites for hydroxylation is 2. The van der Waals surface area contributed by atoms with E-state index >= 15 is 0 Å². The summed E-state index contributed by atoms with van der Waals surface area (Å²) in [5.41, 5.74) is 6.45. The highest BCUT2D eigenvalue weighted by Gasteiger charge is 2.23. The van der Waals surface area contributed by atoms with Crippen LogP contribution in [0.3, 0.4) is 0 Å². The Morgan fingerprint density at radius 2 is 2.27 bits per heavy atom. The number of hydrogen-bond acceptors (Lipinski definition) is 4. The molecule has 0 amide bonds. The highest BCUT2D eigenvalue weighted by Crippen LogP contribution is 2.32. The lowest BCUT2D eigenvalue weighted by Crippen LogP contribution is -2.37. The Hall–Kier alpha value is -1.36. The molecule has 3 nitrogen and oxygen atoms in total. The molecule has 0 radical (unpaired) electrons. The highest BCUT2D eigenvalue weighted by molar-refractivity contribution is 7.12. The van der Waals surface area contributed by atoms with Gasteiger partial charge in [-0.3, -0.25) is 0 Å². The van der Waals surface area contributed by atoms with Crippen LogP contribution in [0.2, 0.25) is 0 Å². The fourth-order valence-electron chi connectivity index (χ4n) is 1.62. The molecular formula is C10H12FN3S. The topological polar surface area (TPSA) is 50.4 Å². The minimum atomic E-state index is -0.479. The van der Waals surface area contributed by atoms with Crippen molar-refractivity contribution >= 4 is 17.3 Å². The third-order valence-electron chi connectivity index (χ3n) is 2.29. The number of thiophene rings is 1. The molecule has 2 rings (SSSR count). The van der Waals surface area contributed by atoms with Gasteiger partial charge in [-0.05, 0) is 25.5 Å². The fraction of sp³-hybridized carbons (Fsp3) is 0.300. The van der Waals surface area contributed by atoms with Gasteiger partial charge in [0.25, 0.3) is 0 Å². The number of nitrogens with two attached hydrogens (primary N) is 1. The Bertz CT molecular complexity index is 448. The summed E-state index contributed by atoms with van der Waals surface area (Å²) in [6, 6.07) is 1.50. The second-order valence-electron chi connectivity index (χ2n) is 3.47. The molecule has 0 spiro atoms. The first-order chi connectivity index (χ1) is 7.08. The Morgan fingerprint density at radius 3 is 2.87 bits per heavy atom. The van der Waals surface area contributed by atoms with Crippen LogP contribution < -0.4 is 11.1 Å². The maximum absolute atomic E-state index is 13.5. The van der Waals surface area contributed by atoms with E-state index in [-0.39, 0.29) is 11.8 Å². The minimum absolute atomic E-state index is 0.254. The molecule has 2 heterocycles. The predicted octanol–water partition coefficient (Wildman–Crippen LogP) is 2.13. The highest BCUT2D eigenvalue weighted by atomic mass is 32.1. The molecule has 0 aromatic carbocycles. The molecule has 1 aliphatic heterocycles. The van der Waals surface area contributed by atoms with Crippen LogP contribution in [0.25, 0.3) is 0 Å². The lowest BCUT2D eigenvalue weighted by molar-refractivity contribution is 0.514. The van der Waals surface area contributed by atoms with Crippen LogP contribution in [0.5, 0.6) is 0 Å². The Morgan fingerprint density at radius 1 is 1.53 bits per heavy atom. The summed E-state index contributed by atoms with van der Waals surface area (Å²) in [4.78, 5) is 5.94. The molecule has 0 fully saturated rings. The number of hydrogen-bond donors (Lipinski definition) is 2. The number of nitrogens with one attached hydrogen (secondary N) is 1. The smallest absolute Gasteiger partial charge is 0.194 e. The molecule has 1 atom stereocenters. The standard InChI is InChI=1S/C10H12FN3S/c1-5-3-7(6(2)15-5)9-8(11)4-13-10(12)14-9/h3-4,9H,1-2H3,(H3,12,13,14). The number of nitrogens with zero attached hydrogens (tertiary/aromatic N) is 1. The maximum Gasteiger partial charge on any atom is 0.194 e. The average molecular weight is 225 g/mol. The van der Waals surface area contributed by atoms with Crippen LogP contribution in [0, 0.1) is 13.8 Å². The van der Waals surface area contributed by atoms with Crippen molar-refractivity contribution in [1.82, 2.24) is 5.32 Å². The molecule has 1 aromatic heterocycles. The fourth-order valence-corrected chi connectivity index (χ4v) is 2.59. The lowest BCUT2D eigenvalue weighted by atomic mass is 10.1. The van der Waals surface area contributed by atoms with E-state index in [1.807, 2.05) is 19.9 Å². The molecule has 15 heavy (non-hydrogen) atoms. The summed E-state index contributed by atoms with van der Waals surface area (Å²) < 4.78 is 13.5. The number of rotatable bonds is 1. The quantitative estimate of drug-likeness (QED) is 0.769. The number of guanidine groups is 1. The monoisotopic (exact) mass is 225 g/mol. The van der Waals surface area contributed by atoms with E-state index < -0.39 is 6.04 Å². The first kappa shape index (κ1) is 10.2. The van der Waals surface area contributed by atoms with Crippen molar-refractivity contribution in [2.24, 2.45) is 10.7 Å². The summed E-state index contributed by atoms with van der Waals surface area (Å²) in [6.45, 7) is 3.98. The van der Waals surface area contributed by atoms with Gasteiger partial charge in [-0.1, -0.05) is 0 Å². The van der Waals surface area contributed by atoms with Crippen molar-refractivity contribution < 1.29 is 4.39 Å². The van der Waals surface area contributed by atoms with Gasteiger partial charge in [-0.2, -0.15) is 0 Å². The van der Waals surface area contributed by atoms with Gasteiger partial charge in [0.2, 0.25) is 0 Å². The van der Waals surface area contributed by atoms with Crippen LogP contribution in [-0.2, 0) is 0 Å². The van der Waals surface area contributed by atoms with Crippen LogP contribution in [-0.4, -0.2) is 5.96 Å². The van der Waals surface area contributed by atoms with Crippen molar-refractivity contribution in [3.63, 3.8) is 0 Å². The first-order valence-corrected chi connectivity index (χ1v) is 5.42. The van der Waals surface area contributed by atoms with E-state index in [9.17, 15) is 4.39 Å². The van der Waals surface area contributed by atoms with Gasteiger partial charge >= 0.3 is 0 Å². The van der Waals surface area contributed by atoms with Crippen molar-refractivity contribution in [1.29, 1.82) is 0 Å². The molecule has 3 N–H and O–H groups in total. The largest absolute Gasteiger partial charge is 0.370 e. The average Bonchev–Trinajstić information content (AvgIpc) is 2.50. The van der Waals surface area contributed by atoms with Gasteiger partial charge in [0.1, 0.15) is 11.9 Å². The predicted molar refractivity (Wildman–Crippen MR) is 60.5 cm³/mol. The van der Waals surface area contributed by atoms with E-state index in [4.69, 9.17) is 5.73 Å². The molecule has 1 aliphatic rings. The van der Waals surface area contributed by atoms with Crippen LogP contribution >= 0.6 is 11.3 Å². The summed E-state index contributed by atoms with van der Waals surface area (Å²) in [6.07, 6.45) is 1.17. The van der Waals surface area contributed by atoms with Crippen LogP contribution in [0.1, 0.15) is 21.4 Å². The summed E-state index contributed by atoms with van der Waals surface area (Å²) >= 11 is 1.65. The number of halogens is 1. The zero-order valence-corrected chi connectivity index (χ0v) is 9.36. The molecular weight excluding hydrogens is 213 g/mol. The van der Waals surface area contributed by atoms with Gasteiger partial charge in [0.05, 0.1) is 6.20 Å². The molecule has 80 valence electrons. The van der Waals surface area contributed by atoms with E-state index in [0.717, 1.165) is 15.3 Å². The van der Waals surface area contributed by atoms with Gasteiger partial charge in [0, 0.05) is 9.75 Å². The zero-order chi connectivity index (χ0) is 11.0. The maximum atomic E-state index is 13.5. The van der Waals surface area contributed by atoms with Gasteiger partial charge in [0.15, 0.2) is 5.96 Å². The SMILES string of the molecule is Cc1cc(C2NC(N)=NC=C2F)c(C)s1. The molecule has 0 saturated carbocycles. The second-order valence-corrected chi connectivity index (χ2v) is 4.93. The molecule has 5 heteroatoms. The van der Waals surface area contributed by atoms with Crippen LogP contribution in [0.4, 0.5) is 4.39 Å². The molecule has 1 aromatic rings. The summed E-state index contributed by atoms with van der Waals surface area (Å²) in [5.74, 6) is -0.0465. The minimum Gasteiger partial charge on any atom is -0.370 e. The molecule has 1 unspecified atom stereocenters. The van der Waals surface area contributed by atoms with Crippen molar-refractivity contribution in [3.05, 3.63) is 33.4 Å². The van der Waals surface area contributed by atoms with Gasteiger partial charge in [-0.25, -0.2) is 9.38 Å². The van der Waals surface area contributed by atoms with E-state index in [1.54, 1.807) is 11.3 Å². The van der Waals surface area contributed by atoms with Gasteiger partial charge < -0.3 is 11.1 Å². The summed E-state index contributed by atoms with van der Waals surface area (Å²) in [5, 5.41) is 2.83. The van der Waals surface area contributed by atoms with Crippen molar-refractivity contribution in [2.75, 3.05) is 0 Å². The van der Waals surface area contributed by atoms with Crippen LogP contribution in [0.15, 0.2) is 23.1 Å². The zero-order valence-electron chi connectivity index (χ0n) is 8.54. The molecule has 0 bridgehead atoms. The Balaban J connectivity index is 2.37. The van der Waals surface area contributed by atoms with Crippen molar-refractivity contribution in [3.8, 4) is 0 Å². The summed E-state index contributed by atoms with van der Waals surface area (Å²) in [7, 11) is 0. The van der Waals surface area contributed by atoms with Gasteiger partial charge in [-0.15, -0.1) is 11.3 Å². The lowest BCUT2D eigenvalue weighted by Gasteiger charge is -2.20. The third kappa shape index (κ3) is 1.87.